The van der Waals surface area contributed by atoms with Gasteiger partial charge in [0.2, 0.25) is 0 Å². The second-order valence-corrected chi connectivity index (χ2v) is 5.42. The molecule has 18 heavy (non-hydrogen) atoms. The summed E-state index contributed by atoms with van der Waals surface area (Å²) in [5.74, 6) is -0.356. The molecule has 0 fully saturated rings. The standard InChI is InChI=1S/C12H10BrNO3S/c1-7-6-18-11(14-7)5-17-10-3-2-8(12(15)16)4-9(10)13/h2-4,6H,5H2,1H3,(H,15,16). The fourth-order valence-electron chi connectivity index (χ4n) is 1.36. The van der Waals surface area contributed by atoms with E-state index in [2.05, 4.69) is 20.9 Å². The first-order valence-corrected chi connectivity index (χ1v) is 6.80. The van der Waals surface area contributed by atoms with Crippen LogP contribution in [0.5, 0.6) is 5.75 Å². The lowest BCUT2D eigenvalue weighted by Gasteiger charge is -2.07. The lowest BCUT2D eigenvalue weighted by molar-refractivity contribution is 0.0696. The van der Waals surface area contributed by atoms with Crippen LogP contribution < -0.4 is 4.74 Å². The zero-order valence-corrected chi connectivity index (χ0v) is 11.9. The number of aromatic nitrogens is 1. The molecule has 1 heterocycles. The van der Waals surface area contributed by atoms with Gasteiger partial charge in [-0.1, -0.05) is 0 Å². The maximum atomic E-state index is 10.8. The zero-order valence-electron chi connectivity index (χ0n) is 9.51. The normalized spacial score (nSPS) is 10.3. The van der Waals surface area contributed by atoms with Gasteiger partial charge in [-0.2, -0.15) is 0 Å². The molecule has 94 valence electrons. The molecule has 0 atom stereocenters. The molecule has 0 spiro atoms. The number of ether oxygens (including phenoxy) is 1. The van der Waals surface area contributed by atoms with E-state index in [1.165, 1.54) is 23.5 Å². The van der Waals surface area contributed by atoms with E-state index in [1.54, 1.807) is 6.07 Å². The van der Waals surface area contributed by atoms with Crippen LogP contribution in [-0.2, 0) is 6.61 Å². The number of hydrogen-bond acceptors (Lipinski definition) is 4. The van der Waals surface area contributed by atoms with Gasteiger partial charge in [0.15, 0.2) is 0 Å². The van der Waals surface area contributed by atoms with Gasteiger partial charge in [-0.3, -0.25) is 0 Å². The SMILES string of the molecule is Cc1csc(COc2ccc(C(=O)O)cc2Br)n1. The fraction of sp³-hybridized carbons (Fsp3) is 0.167. The van der Waals surface area contributed by atoms with Crippen molar-refractivity contribution in [2.75, 3.05) is 0 Å². The Balaban J connectivity index is 2.08. The molecule has 4 nitrogen and oxygen atoms in total. The van der Waals surface area contributed by atoms with E-state index in [9.17, 15) is 4.79 Å². The highest BCUT2D eigenvalue weighted by Crippen LogP contribution is 2.27. The number of aromatic carboxylic acids is 1. The average Bonchev–Trinajstić information content (AvgIpc) is 2.73. The number of rotatable bonds is 4. The highest BCUT2D eigenvalue weighted by molar-refractivity contribution is 9.10. The van der Waals surface area contributed by atoms with Crippen LogP contribution in [0.4, 0.5) is 0 Å². The van der Waals surface area contributed by atoms with E-state index in [4.69, 9.17) is 9.84 Å². The minimum atomic E-state index is -0.960. The second-order valence-electron chi connectivity index (χ2n) is 3.62. The third kappa shape index (κ3) is 3.08. The van der Waals surface area contributed by atoms with Crippen molar-refractivity contribution in [2.24, 2.45) is 0 Å². The number of carbonyl (C=O) groups is 1. The molecule has 0 aliphatic rings. The Morgan fingerprint density at radius 1 is 1.56 bits per heavy atom. The maximum Gasteiger partial charge on any atom is 0.335 e. The summed E-state index contributed by atoms with van der Waals surface area (Å²) in [6, 6.07) is 4.66. The lowest BCUT2D eigenvalue weighted by atomic mass is 10.2. The molecule has 2 rings (SSSR count). The van der Waals surface area contributed by atoms with Crippen LogP contribution in [0.3, 0.4) is 0 Å². The number of halogens is 1. The van der Waals surface area contributed by atoms with Crippen molar-refractivity contribution >= 4 is 33.2 Å². The average molecular weight is 328 g/mol. The Kier molecular flexibility index (Phi) is 3.98. The first kappa shape index (κ1) is 13.0. The number of hydrogen-bond donors (Lipinski definition) is 1. The predicted octanol–water partition coefficient (Wildman–Crippen LogP) is 3.49. The van der Waals surface area contributed by atoms with Crippen LogP contribution in [0.1, 0.15) is 21.1 Å². The van der Waals surface area contributed by atoms with Crippen molar-refractivity contribution in [3.05, 3.63) is 44.3 Å². The molecule has 6 heteroatoms. The molecule has 0 aliphatic carbocycles. The fourth-order valence-corrected chi connectivity index (χ4v) is 2.54. The molecule has 0 aliphatic heterocycles. The molecule has 0 bridgehead atoms. The Morgan fingerprint density at radius 3 is 2.89 bits per heavy atom. The third-order valence-corrected chi connectivity index (χ3v) is 3.76. The lowest BCUT2D eigenvalue weighted by Crippen LogP contribution is -1.99. The van der Waals surface area contributed by atoms with Crippen LogP contribution in [0.2, 0.25) is 0 Å². The molecule has 1 aromatic heterocycles. The van der Waals surface area contributed by atoms with Crippen LogP contribution in [0.25, 0.3) is 0 Å². The predicted molar refractivity (Wildman–Crippen MR) is 72.3 cm³/mol. The van der Waals surface area contributed by atoms with Crippen molar-refractivity contribution in [1.82, 2.24) is 4.98 Å². The summed E-state index contributed by atoms with van der Waals surface area (Å²) >= 11 is 4.83. The molecule has 0 saturated heterocycles. The van der Waals surface area contributed by atoms with Crippen molar-refractivity contribution in [1.29, 1.82) is 0 Å². The Bertz CT molecular complexity index is 582. The van der Waals surface area contributed by atoms with E-state index in [0.29, 0.717) is 16.8 Å². The van der Waals surface area contributed by atoms with E-state index in [0.717, 1.165) is 10.7 Å². The van der Waals surface area contributed by atoms with E-state index in [-0.39, 0.29) is 5.56 Å². The van der Waals surface area contributed by atoms with Crippen LogP contribution >= 0.6 is 27.3 Å². The molecule has 1 N–H and O–H groups in total. The number of thiazole rings is 1. The van der Waals surface area contributed by atoms with Gasteiger partial charge in [0.25, 0.3) is 0 Å². The summed E-state index contributed by atoms with van der Waals surface area (Å²) in [7, 11) is 0. The van der Waals surface area contributed by atoms with Crippen LogP contribution in [0.15, 0.2) is 28.1 Å². The molecule has 0 unspecified atom stereocenters. The van der Waals surface area contributed by atoms with Gasteiger partial charge in [0, 0.05) is 11.1 Å². The number of carboxylic acid groups (broad SMARTS) is 1. The van der Waals surface area contributed by atoms with E-state index < -0.39 is 5.97 Å². The van der Waals surface area contributed by atoms with Gasteiger partial charge in [0.1, 0.15) is 17.4 Å². The topological polar surface area (TPSA) is 59.4 Å². The molecular formula is C12H10BrNO3S. The van der Waals surface area contributed by atoms with Crippen molar-refractivity contribution in [3.63, 3.8) is 0 Å². The number of carboxylic acids is 1. The summed E-state index contributed by atoms with van der Waals surface area (Å²) in [5, 5.41) is 11.7. The van der Waals surface area contributed by atoms with Gasteiger partial charge in [-0.15, -0.1) is 11.3 Å². The molecule has 0 radical (unpaired) electrons. The quantitative estimate of drug-likeness (QED) is 0.933. The largest absolute Gasteiger partial charge is 0.485 e. The monoisotopic (exact) mass is 327 g/mol. The van der Waals surface area contributed by atoms with Crippen molar-refractivity contribution < 1.29 is 14.6 Å². The summed E-state index contributed by atoms with van der Waals surface area (Å²) in [6.45, 7) is 2.31. The smallest absolute Gasteiger partial charge is 0.335 e. The number of aryl methyl sites for hydroxylation is 1. The van der Waals surface area contributed by atoms with Gasteiger partial charge in [-0.05, 0) is 41.1 Å². The summed E-state index contributed by atoms with van der Waals surface area (Å²) < 4.78 is 6.20. The molecular weight excluding hydrogens is 318 g/mol. The van der Waals surface area contributed by atoms with Crippen LogP contribution in [0, 0.1) is 6.92 Å². The van der Waals surface area contributed by atoms with E-state index in [1.807, 2.05) is 12.3 Å². The Morgan fingerprint density at radius 2 is 2.33 bits per heavy atom. The highest BCUT2D eigenvalue weighted by atomic mass is 79.9. The molecule has 2 aromatic rings. The van der Waals surface area contributed by atoms with Gasteiger partial charge < -0.3 is 9.84 Å². The summed E-state index contributed by atoms with van der Waals surface area (Å²) in [4.78, 5) is 15.1. The number of nitrogens with zero attached hydrogens (tertiary/aromatic N) is 1. The summed E-state index contributed by atoms with van der Waals surface area (Å²) in [5.41, 5.74) is 1.19. The van der Waals surface area contributed by atoms with Crippen molar-refractivity contribution in [3.8, 4) is 5.75 Å². The zero-order chi connectivity index (χ0) is 13.1. The third-order valence-electron chi connectivity index (χ3n) is 2.20. The molecule has 0 amide bonds. The van der Waals surface area contributed by atoms with Gasteiger partial charge in [0.05, 0.1) is 10.0 Å². The summed E-state index contributed by atoms with van der Waals surface area (Å²) in [6.07, 6.45) is 0. The van der Waals surface area contributed by atoms with E-state index >= 15 is 0 Å². The minimum absolute atomic E-state index is 0.222. The molecule has 1 aromatic carbocycles. The Labute approximate surface area is 116 Å². The van der Waals surface area contributed by atoms with Gasteiger partial charge >= 0.3 is 5.97 Å². The maximum absolute atomic E-state index is 10.8. The Hall–Kier alpha value is -1.40. The van der Waals surface area contributed by atoms with Gasteiger partial charge in [-0.25, -0.2) is 9.78 Å². The first-order valence-electron chi connectivity index (χ1n) is 5.13. The van der Waals surface area contributed by atoms with Crippen LogP contribution in [-0.4, -0.2) is 16.1 Å². The highest BCUT2D eigenvalue weighted by Gasteiger charge is 2.08. The first-order chi connectivity index (χ1) is 8.56. The second kappa shape index (κ2) is 5.49. The number of benzene rings is 1. The van der Waals surface area contributed by atoms with Crippen molar-refractivity contribution in [2.45, 2.75) is 13.5 Å². The minimum Gasteiger partial charge on any atom is -0.485 e. The molecule has 0 saturated carbocycles.